The first-order valence-electron chi connectivity index (χ1n) is 9.47. The number of aryl methyl sites for hydroxylation is 1. The number of imidazole rings is 1. The molecule has 0 fully saturated rings. The molecule has 1 amide bonds. The van der Waals surface area contributed by atoms with Crippen LogP contribution in [-0.2, 0) is 21.3 Å². The minimum Gasteiger partial charge on any atom is -0.383 e. The van der Waals surface area contributed by atoms with Gasteiger partial charge in [-0.2, -0.15) is 0 Å². The van der Waals surface area contributed by atoms with Gasteiger partial charge < -0.3 is 14.6 Å². The minimum absolute atomic E-state index is 0.0256. The molecule has 1 aromatic heterocycles. The van der Waals surface area contributed by atoms with Gasteiger partial charge in [-0.3, -0.25) is 4.79 Å². The van der Waals surface area contributed by atoms with Crippen LogP contribution in [0.1, 0.15) is 21.7 Å². The second-order valence-corrected chi connectivity index (χ2v) is 8.50. The van der Waals surface area contributed by atoms with E-state index in [-0.39, 0.29) is 30.2 Å². The van der Waals surface area contributed by atoms with Crippen molar-refractivity contribution >= 4 is 15.9 Å². The van der Waals surface area contributed by atoms with Gasteiger partial charge in [0.25, 0.3) is 5.91 Å². The number of carbonyl (C=O) groups excluding carboxylic acids is 1. The second-order valence-electron chi connectivity index (χ2n) is 6.73. The number of amides is 1. The number of nitrogens with zero attached hydrogens (tertiary/aromatic N) is 2. The molecule has 0 atom stereocenters. The van der Waals surface area contributed by atoms with E-state index in [9.17, 15) is 17.6 Å². The molecule has 0 aliphatic rings. The predicted octanol–water partition coefficient (Wildman–Crippen LogP) is 2.17. The SMILES string of the molecule is COCCNS(=O)(=O)c1cccc(C(=O)NCc2ccc(-n3ccnc3C)c(F)c2)c1. The van der Waals surface area contributed by atoms with E-state index < -0.39 is 21.7 Å². The highest BCUT2D eigenvalue weighted by atomic mass is 32.2. The Kier molecular flexibility index (Phi) is 7.16. The highest BCUT2D eigenvalue weighted by Crippen LogP contribution is 2.17. The van der Waals surface area contributed by atoms with Crippen molar-refractivity contribution in [3.05, 3.63) is 77.6 Å². The molecule has 3 aromatic rings. The molecule has 0 bridgehead atoms. The van der Waals surface area contributed by atoms with Crippen molar-refractivity contribution in [3.8, 4) is 5.69 Å². The first-order chi connectivity index (χ1) is 14.8. The molecule has 0 saturated carbocycles. The summed E-state index contributed by atoms with van der Waals surface area (Å²) < 4.78 is 48.0. The zero-order valence-electron chi connectivity index (χ0n) is 17.1. The number of rotatable bonds is 9. The van der Waals surface area contributed by atoms with Gasteiger partial charge in [0.2, 0.25) is 10.0 Å². The van der Waals surface area contributed by atoms with Crippen LogP contribution in [0.25, 0.3) is 5.69 Å². The van der Waals surface area contributed by atoms with Crippen molar-refractivity contribution in [1.82, 2.24) is 19.6 Å². The van der Waals surface area contributed by atoms with Crippen molar-refractivity contribution in [3.63, 3.8) is 0 Å². The molecule has 0 spiro atoms. The number of benzene rings is 2. The van der Waals surface area contributed by atoms with E-state index in [2.05, 4.69) is 15.0 Å². The third-order valence-electron chi connectivity index (χ3n) is 4.56. The van der Waals surface area contributed by atoms with E-state index in [0.29, 0.717) is 17.1 Å². The van der Waals surface area contributed by atoms with Gasteiger partial charge >= 0.3 is 0 Å². The average molecular weight is 447 g/mol. The number of sulfonamides is 1. The fourth-order valence-corrected chi connectivity index (χ4v) is 4.00. The van der Waals surface area contributed by atoms with Crippen LogP contribution in [0.3, 0.4) is 0 Å². The number of carbonyl (C=O) groups is 1. The average Bonchev–Trinajstić information content (AvgIpc) is 3.18. The molecule has 164 valence electrons. The standard InChI is InChI=1S/C21H23FN4O4S/c1-15-23-8-10-26(15)20-7-6-16(12-19(20)22)14-24-21(27)17-4-3-5-18(13-17)31(28,29)25-9-11-30-2/h3-8,10,12-13,25H,9,11,14H2,1-2H3,(H,24,27). The third kappa shape index (κ3) is 5.54. The molecule has 2 aromatic carbocycles. The molecule has 10 heteroatoms. The van der Waals surface area contributed by atoms with Crippen molar-refractivity contribution in [2.75, 3.05) is 20.3 Å². The van der Waals surface area contributed by atoms with Gasteiger partial charge in [-0.05, 0) is 42.8 Å². The van der Waals surface area contributed by atoms with Crippen LogP contribution < -0.4 is 10.0 Å². The summed E-state index contributed by atoms with van der Waals surface area (Å²) in [5, 5.41) is 2.68. The van der Waals surface area contributed by atoms with Gasteiger partial charge in [-0.25, -0.2) is 22.5 Å². The van der Waals surface area contributed by atoms with Crippen molar-refractivity contribution in [1.29, 1.82) is 0 Å². The Morgan fingerprint density at radius 2 is 2.03 bits per heavy atom. The lowest BCUT2D eigenvalue weighted by atomic mass is 10.1. The Morgan fingerprint density at radius 3 is 2.71 bits per heavy atom. The lowest BCUT2D eigenvalue weighted by molar-refractivity contribution is 0.0950. The van der Waals surface area contributed by atoms with E-state index in [4.69, 9.17) is 4.74 Å². The fourth-order valence-electron chi connectivity index (χ4n) is 2.94. The molecule has 0 aliphatic carbocycles. The maximum absolute atomic E-state index is 14.5. The molecule has 0 saturated heterocycles. The number of halogens is 1. The minimum atomic E-state index is -3.76. The number of ether oxygens (including phenoxy) is 1. The summed E-state index contributed by atoms with van der Waals surface area (Å²) in [6.07, 6.45) is 3.25. The Hall–Kier alpha value is -3.08. The predicted molar refractivity (Wildman–Crippen MR) is 113 cm³/mol. The van der Waals surface area contributed by atoms with Crippen LogP contribution in [0.2, 0.25) is 0 Å². The molecule has 3 rings (SSSR count). The van der Waals surface area contributed by atoms with Gasteiger partial charge in [-0.1, -0.05) is 12.1 Å². The molecule has 31 heavy (non-hydrogen) atoms. The topological polar surface area (TPSA) is 102 Å². The molecular formula is C21H23FN4O4S. The maximum Gasteiger partial charge on any atom is 0.251 e. The van der Waals surface area contributed by atoms with Crippen LogP contribution in [0.5, 0.6) is 0 Å². The number of hydrogen-bond donors (Lipinski definition) is 2. The summed E-state index contributed by atoms with van der Waals surface area (Å²) in [4.78, 5) is 16.5. The zero-order chi connectivity index (χ0) is 22.4. The monoisotopic (exact) mass is 446 g/mol. The van der Waals surface area contributed by atoms with Crippen molar-refractivity contribution in [2.45, 2.75) is 18.4 Å². The fraction of sp³-hybridized carbons (Fsp3) is 0.238. The summed E-state index contributed by atoms with van der Waals surface area (Å²) >= 11 is 0. The van der Waals surface area contributed by atoms with Crippen molar-refractivity contribution in [2.24, 2.45) is 0 Å². The maximum atomic E-state index is 14.5. The van der Waals surface area contributed by atoms with Gasteiger partial charge in [-0.15, -0.1) is 0 Å². The quantitative estimate of drug-likeness (QED) is 0.491. The van der Waals surface area contributed by atoms with Crippen LogP contribution in [0.15, 0.2) is 59.8 Å². The smallest absolute Gasteiger partial charge is 0.251 e. The first-order valence-corrected chi connectivity index (χ1v) is 11.0. The summed E-state index contributed by atoms with van der Waals surface area (Å²) in [7, 11) is -2.29. The Morgan fingerprint density at radius 1 is 1.23 bits per heavy atom. The van der Waals surface area contributed by atoms with E-state index in [0.717, 1.165) is 0 Å². The summed E-state index contributed by atoms with van der Waals surface area (Å²) in [5.41, 5.74) is 1.11. The third-order valence-corrected chi connectivity index (χ3v) is 6.01. The summed E-state index contributed by atoms with van der Waals surface area (Å²) in [6, 6.07) is 10.4. The first kappa shape index (κ1) is 22.6. The lowest BCUT2D eigenvalue weighted by Crippen LogP contribution is -2.28. The van der Waals surface area contributed by atoms with E-state index in [1.165, 1.54) is 37.4 Å². The van der Waals surface area contributed by atoms with Crippen LogP contribution in [0.4, 0.5) is 4.39 Å². The number of hydrogen-bond acceptors (Lipinski definition) is 5. The van der Waals surface area contributed by atoms with Gasteiger partial charge in [0.05, 0.1) is 17.2 Å². The number of nitrogens with one attached hydrogen (secondary N) is 2. The van der Waals surface area contributed by atoms with Gasteiger partial charge in [0.1, 0.15) is 11.6 Å². The summed E-state index contributed by atoms with van der Waals surface area (Å²) in [6.45, 7) is 2.21. The molecule has 1 heterocycles. The molecule has 0 unspecified atom stereocenters. The highest BCUT2D eigenvalue weighted by molar-refractivity contribution is 7.89. The zero-order valence-corrected chi connectivity index (χ0v) is 17.9. The Labute approximate surface area is 180 Å². The molecular weight excluding hydrogens is 423 g/mol. The van der Waals surface area contributed by atoms with E-state index >= 15 is 0 Å². The van der Waals surface area contributed by atoms with E-state index in [1.54, 1.807) is 36.0 Å². The Bertz CT molecular complexity index is 1180. The number of methoxy groups -OCH3 is 1. The second kappa shape index (κ2) is 9.82. The van der Waals surface area contributed by atoms with Crippen LogP contribution >= 0.6 is 0 Å². The molecule has 8 nitrogen and oxygen atoms in total. The molecule has 0 aliphatic heterocycles. The molecule has 2 N–H and O–H groups in total. The van der Waals surface area contributed by atoms with Crippen LogP contribution in [0, 0.1) is 12.7 Å². The lowest BCUT2D eigenvalue weighted by Gasteiger charge is -2.11. The van der Waals surface area contributed by atoms with Crippen molar-refractivity contribution < 1.29 is 22.3 Å². The van der Waals surface area contributed by atoms with Crippen LogP contribution in [-0.4, -0.2) is 44.1 Å². The highest BCUT2D eigenvalue weighted by Gasteiger charge is 2.16. The normalized spacial score (nSPS) is 11.5. The van der Waals surface area contributed by atoms with Gasteiger partial charge in [0, 0.05) is 38.2 Å². The largest absolute Gasteiger partial charge is 0.383 e. The summed E-state index contributed by atoms with van der Waals surface area (Å²) in [5.74, 6) is -0.251. The molecule has 0 radical (unpaired) electrons. The number of aromatic nitrogens is 2. The van der Waals surface area contributed by atoms with Gasteiger partial charge in [0.15, 0.2) is 0 Å². The van der Waals surface area contributed by atoms with E-state index in [1.807, 2.05) is 0 Å². The Balaban J connectivity index is 1.67.